The van der Waals surface area contributed by atoms with Crippen LogP contribution in [0.25, 0.3) is 0 Å². The number of hydrogen-bond donors (Lipinski definition) is 2. The molecule has 0 saturated heterocycles. The number of nitro groups is 1. The predicted octanol–water partition coefficient (Wildman–Crippen LogP) is 1.24. The average molecular weight is 262 g/mol. The monoisotopic (exact) mass is 261 g/mol. The van der Waals surface area contributed by atoms with Crippen molar-refractivity contribution in [1.29, 1.82) is 0 Å². The van der Waals surface area contributed by atoms with Crippen LogP contribution < -0.4 is 4.74 Å². The van der Waals surface area contributed by atoms with Gasteiger partial charge in [0.15, 0.2) is 0 Å². The minimum absolute atomic E-state index is 0.0758. The van der Waals surface area contributed by atoms with Gasteiger partial charge in [-0.15, -0.1) is 11.6 Å². The molecule has 0 saturated carbocycles. The van der Waals surface area contributed by atoms with E-state index in [9.17, 15) is 20.3 Å². The normalized spacial score (nSPS) is 14.1. The molecule has 2 atom stereocenters. The highest BCUT2D eigenvalue weighted by molar-refractivity contribution is 6.18. The Morgan fingerprint density at radius 2 is 2.18 bits per heavy atom. The van der Waals surface area contributed by atoms with E-state index in [2.05, 4.69) is 0 Å². The molecule has 2 N–H and O–H groups in total. The maximum Gasteiger partial charge on any atom is 0.279 e. The van der Waals surface area contributed by atoms with Crippen molar-refractivity contribution >= 4 is 17.3 Å². The average Bonchev–Trinajstić information content (AvgIpc) is 2.35. The number of benzene rings is 1. The molecule has 2 unspecified atom stereocenters. The molecule has 0 aliphatic carbocycles. The van der Waals surface area contributed by atoms with Crippen molar-refractivity contribution in [1.82, 2.24) is 0 Å². The van der Waals surface area contributed by atoms with Crippen LogP contribution in [0.5, 0.6) is 5.75 Å². The summed E-state index contributed by atoms with van der Waals surface area (Å²) in [6.45, 7) is 0. The fraction of sp³-hybridized carbons (Fsp3) is 0.400. The van der Waals surface area contributed by atoms with Crippen LogP contribution >= 0.6 is 11.6 Å². The number of halogens is 1. The number of aliphatic hydroxyl groups is 2. The number of aliphatic hydroxyl groups excluding tert-OH is 2. The molecule has 6 nitrogen and oxygen atoms in total. The second-order valence-electron chi connectivity index (χ2n) is 3.32. The number of alkyl halides is 1. The highest BCUT2D eigenvalue weighted by Gasteiger charge is 2.29. The Hall–Kier alpha value is -1.37. The molecule has 0 spiro atoms. The van der Waals surface area contributed by atoms with Crippen LogP contribution in [0.3, 0.4) is 0 Å². The van der Waals surface area contributed by atoms with E-state index in [4.69, 9.17) is 16.3 Å². The first-order chi connectivity index (χ1) is 8.02. The summed E-state index contributed by atoms with van der Waals surface area (Å²) in [5.41, 5.74) is -0.394. The van der Waals surface area contributed by atoms with E-state index in [1.165, 1.54) is 25.3 Å². The lowest BCUT2D eigenvalue weighted by Gasteiger charge is -2.18. The first kappa shape index (κ1) is 13.7. The Balaban J connectivity index is 3.31. The number of methoxy groups -OCH3 is 1. The van der Waals surface area contributed by atoms with Crippen molar-refractivity contribution in [3.63, 3.8) is 0 Å². The summed E-state index contributed by atoms with van der Waals surface area (Å²) >= 11 is 5.40. The Morgan fingerprint density at radius 3 is 2.65 bits per heavy atom. The molecule has 94 valence electrons. The van der Waals surface area contributed by atoms with Crippen LogP contribution in [-0.4, -0.2) is 34.2 Å². The molecule has 17 heavy (non-hydrogen) atoms. The van der Waals surface area contributed by atoms with Crippen molar-refractivity contribution in [2.45, 2.75) is 12.2 Å². The Bertz CT molecular complexity index is 412. The Morgan fingerprint density at radius 1 is 1.53 bits per heavy atom. The van der Waals surface area contributed by atoms with E-state index < -0.39 is 17.1 Å². The molecule has 1 rings (SSSR count). The van der Waals surface area contributed by atoms with Gasteiger partial charge in [-0.2, -0.15) is 0 Å². The highest BCUT2D eigenvalue weighted by Crippen LogP contribution is 2.35. The molecule has 0 aliphatic rings. The first-order valence-electron chi connectivity index (χ1n) is 4.76. The van der Waals surface area contributed by atoms with Crippen LogP contribution in [0.1, 0.15) is 11.7 Å². The third kappa shape index (κ3) is 2.85. The molecule has 0 bridgehead atoms. The van der Waals surface area contributed by atoms with Crippen molar-refractivity contribution in [3.8, 4) is 5.75 Å². The minimum Gasteiger partial charge on any atom is -0.496 e. The molecule has 1 aromatic rings. The Labute approximate surface area is 103 Å². The molecule has 0 radical (unpaired) electrons. The van der Waals surface area contributed by atoms with Gasteiger partial charge in [-0.05, 0) is 6.07 Å². The van der Waals surface area contributed by atoms with Gasteiger partial charge in [0.25, 0.3) is 5.69 Å². The molecule has 0 heterocycles. The lowest BCUT2D eigenvalue weighted by Crippen LogP contribution is -2.21. The van der Waals surface area contributed by atoms with Crippen LogP contribution in [0.15, 0.2) is 18.2 Å². The van der Waals surface area contributed by atoms with Crippen LogP contribution in [0.2, 0.25) is 0 Å². The maximum atomic E-state index is 10.8. The second kappa shape index (κ2) is 5.81. The largest absolute Gasteiger partial charge is 0.496 e. The fourth-order valence-electron chi connectivity index (χ4n) is 1.44. The fourth-order valence-corrected chi connectivity index (χ4v) is 1.61. The zero-order valence-electron chi connectivity index (χ0n) is 9.04. The highest BCUT2D eigenvalue weighted by atomic mass is 35.5. The van der Waals surface area contributed by atoms with Crippen LogP contribution in [0, 0.1) is 10.1 Å². The van der Waals surface area contributed by atoms with Crippen molar-refractivity contribution in [3.05, 3.63) is 33.9 Å². The summed E-state index contributed by atoms with van der Waals surface area (Å²) in [6.07, 6.45) is -2.77. The lowest BCUT2D eigenvalue weighted by atomic mass is 10.0. The van der Waals surface area contributed by atoms with Gasteiger partial charge in [-0.25, -0.2) is 0 Å². The quantitative estimate of drug-likeness (QED) is 0.472. The topological polar surface area (TPSA) is 92.8 Å². The van der Waals surface area contributed by atoms with Gasteiger partial charge in [0.1, 0.15) is 17.4 Å². The van der Waals surface area contributed by atoms with Crippen molar-refractivity contribution < 1.29 is 19.9 Å². The zero-order chi connectivity index (χ0) is 13.0. The predicted molar refractivity (Wildman–Crippen MR) is 61.3 cm³/mol. The van der Waals surface area contributed by atoms with E-state index in [-0.39, 0.29) is 22.9 Å². The summed E-state index contributed by atoms with van der Waals surface area (Å²) < 4.78 is 4.93. The summed E-state index contributed by atoms with van der Waals surface area (Å²) in [4.78, 5) is 10.2. The SMILES string of the molecule is COc1cccc([N+](=O)[O-])c1C(O)C(O)CCl. The smallest absolute Gasteiger partial charge is 0.279 e. The zero-order valence-corrected chi connectivity index (χ0v) is 9.79. The third-order valence-corrected chi connectivity index (χ3v) is 2.59. The maximum absolute atomic E-state index is 10.8. The Kier molecular flexibility index (Phi) is 4.68. The van der Waals surface area contributed by atoms with Gasteiger partial charge in [-0.1, -0.05) is 6.07 Å². The first-order valence-corrected chi connectivity index (χ1v) is 5.29. The molecule has 0 amide bonds. The lowest BCUT2D eigenvalue weighted by molar-refractivity contribution is -0.386. The minimum atomic E-state index is -1.47. The summed E-state index contributed by atoms with van der Waals surface area (Å²) in [7, 11) is 1.32. The number of hydrogen-bond acceptors (Lipinski definition) is 5. The molecular weight excluding hydrogens is 250 g/mol. The number of nitrogens with zero attached hydrogens (tertiary/aromatic N) is 1. The van der Waals surface area contributed by atoms with E-state index in [0.717, 1.165) is 0 Å². The van der Waals surface area contributed by atoms with E-state index in [1.807, 2.05) is 0 Å². The van der Waals surface area contributed by atoms with Gasteiger partial charge < -0.3 is 14.9 Å². The second-order valence-corrected chi connectivity index (χ2v) is 3.63. The van der Waals surface area contributed by atoms with E-state index in [1.54, 1.807) is 0 Å². The third-order valence-electron chi connectivity index (χ3n) is 2.28. The van der Waals surface area contributed by atoms with Crippen molar-refractivity contribution in [2.24, 2.45) is 0 Å². The van der Waals surface area contributed by atoms with E-state index >= 15 is 0 Å². The summed E-state index contributed by atoms with van der Waals surface area (Å²) in [5, 5.41) is 30.1. The van der Waals surface area contributed by atoms with Gasteiger partial charge in [0.05, 0.1) is 24.0 Å². The summed E-state index contributed by atoms with van der Waals surface area (Å²) in [6, 6.07) is 4.12. The molecule has 0 aliphatic heterocycles. The van der Waals surface area contributed by atoms with E-state index in [0.29, 0.717) is 0 Å². The van der Waals surface area contributed by atoms with Gasteiger partial charge >= 0.3 is 0 Å². The standard InChI is InChI=1S/C10H12ClNO5/c1-17-8-4-2-3-6(12(15)16)9(8)10(14)7(13)5-11/h2-4,7,10,13-14H,5H2,1H3. The number of ether oxygens (including phenoxy) is 1. The number of nitro benzene ring substituents is 1. The molecular formula is C10H12ClNO5. The van der Waals surface area contributed by atoms with Gasteiger partial charge in [0, 0.05) is 6.07 Å². The van der Waals surface area contributed by atoms with Crippen LogP contribution in [0.4, 0.5) is 5.69 Å². The summed E-state index contributed by atoms with van der Waals surface area (Å²) in [5.74, 6) is -0.105. The molecule has 0 fully saturated rings. The van der Waals surface area contributed by atoms with Gasteiger partial charge in [0.2, 0.25) is 0 Å². The van der Waals surface area contributed by atoms with Crippen molar-refractivity contribution in [2.75, 3.05) is 13.0 Å². The van der Waals surface area contributed by atoms with Gasteiger partial charge in [-0.3, -0.25) is 10.1 Å². The molecule has 7 heteroatoms. The van der Waals surface area contributed by atoms with Crippen LogP contribution in [-0.2, 0) is 0 Å². The molecule has 0 aromatic heterocycles. The number of rotatable bonds is 5. The molecule has 1 aromatic carbocycles.